The van der Waals surface area contributed by atoms with Gasteiger partial charge in [0, 0.05) is 24.9 Å². The molecule has 0 radical (unpaired) electrons. The lowest BCUT2D eigenvalue weighted by molar-refractivity contribution is 0.00547. The van der Waals surface area contributed by atoms with Crippen LogP contribution in [-0.4, -0.2) is 32.1 Å². The molecule has 1 aliphatic carbocycles. The zero-order chi connectivity index (χ0) is 8.48. The van der Waals surface area contributed by atoms with Gasteiger partial charge in [-0.15, -0.1) is 0 Å². The first kappa shape index (κ1) is 8.87. The molecule has 1 saturated carbocycles. The minimum Gasteiger partial charge on any atom is -0.315 e. The van der Waals surface area contributed by atoms with Crippen molar-refractivity contribution < 1.29 is 8.78 Å². The molecule has 0 aliphatic heterocycles. The van der Waals surface area contributed by atoms with Crippen molar-refractivity contribution >= 4 is 0 Å². The maximum absolute atomic E-state index is 12.7. The number of halogens is 2. The molecular formula is C7H14F2N2. The van der Waals surface area contributed by atoms with Gasteiger partial charge in [-0.2, -0.15) is 0 Å². The van der Waals surface area contributed by atoms with Crippen LogP contribution >= 0.6 is 0 Å². The summed E-state index contributed by atoms with van der Waals surface area (Å²) in [5.74, 6) is -2.48. The van der Waals surface area contributed by atoms with Crippen molar-refractivity contribution in [3.05, 3.63) is 0 Å². The molecule has 0 saturated heterocycles. The molecule has 0 spiro atoms. The van der Waals surface area contributed by atoms with E-state index in [9.17, 15) is 8.78 Å². The molecule has 2 atom stereocenters. The van der Waals surface area contributed by atoms with Crippen LogP contribution in [0, 0.1) is 0 Å². The van der Waals surface area contributed by atoms with E-state index in [1.807, 2.05) is 0 Å². The molecule has 0 heterocycles. The van der Waals surface area contributed by atoms with E-state index >= 15 is 0 Å². The summed E-state index contributed by atoms with van der Waals surface area (Å²) in [5, 5.41) is 5.76. The van der Waals surface area contributed by atoms with Crippen molar-refractivity contribution in [2.45, 2.75) is 30.8 Å². The van der Waals surface area contributed by atoms with Crippen LogP contribution in [0.2, 0.25) is 0 Å². The summed E-state index contributed by atoms with van der Waals surface area (Å²) in [6.45, 7) is 0. The second-order valence-corrected chi connectivity index (χ2v) is 3.05. The molecule has 2 N–H and O–H groups in total. The molecule has 1 fully saturated rings. The van der Waals surface area contributed by atoms with Crippen molar-refractivity contribution in [1.82, 2.24) is 10.6 Å². The second-order valence-electron chi connectivity index (χ2n) is 3.05. The summed E-state index contributed by atoms with van der Waals surface area (Å²) in [4.78, 5) is 0. The Hall–Kier alpha value is -0.220. The van der Waals surface area contributed by atoms with Crippen molar-refractivity contribution in [1.29, 1.82) is 0 Å². The molecule has 0 bridgehead atoms. The highest BCUT2D eigenvalue weighted by atomic mass is 19.3. The van der Waals surface area contributed by atoms with Gasteiger partial charge >= 0.3 is 0 Å². The molecule has 1 aliphatic rings. The Bertz CT molecular complexity index is 124. The average Bonchev–Trinajstić information content (AvgIpc) is 2.25. The molecule has 1 rings (SSSR count). The first-order valence-electron chi connectivity index (χ1n) is 3.81. The molecule has 2 nitrogen and oxygen atoms in total. The Morgan fingerprint density at radius 2 is 1.45 bits per heavy atom. The Labute approximate surface area is 65.4 Å². The lowest BCUT2D eigenvalue weighted by Gasteiger charge is -2.16. The predicted octanol–water partition coefficient (Wildman–Crippen LogP) is 0.591. The molecule has 66 valence electrons. The predicted molar refractivity (Wildman–Crippen MR) is 39.9 cm³/mol. The quantitative estimate of drug-likeness (QED) is 0.624. The summed E-state index contributed by atoms with van der Waals surface area (Å²) < 4.78 is 25.5. The minimum absolute atomic E-state index is 0.0466. The lowest BCUT2D eigenvalue weighted by atomic mass is 10.2. The number of alkyl halides is 2. The fraction of sp³-hybridized carbons (Fsp3) is 1.00. The van der Waals surface area contributed by atoms with Crippen molar-refractivity contribution in [3.8, 4) is 0 Å². The maximum atomic E-state index is 12.7. The fourth-order valence-electron chi connectivity index (χ4n) is 1.62. The molecule has 0 aromatic heterocycles. The summed E-state index contributed by atoms with van der Waals surface area (Å²) >= 11 is 0. The summed E-state index contributed by atoms with van der Waals surface area (Å²) in [6.07, 6.45) is -0.0932. The monoisotopic (exact) mass is 164 g/mol. The van der Waals surface area contributed by atoms with Crippen LogP contribution in [0.25, 0.3) is 0 Å². The highest BCUT2D eigenvalue weighted by molar-refractivity contribution is 4.95. The first-order valence-corrected chi connectivity index (χ1v) is 3.81. The van der Waals surface area contributed by atoms with Crippen molar-refractivity contribution in [3.63, 3.8) is 0 Å². The van der Waals surface area contributed by atoms with Crippen LogP contribution in [-0.2, 0) is 0 Å². The lowest BCUT2D eigenvalue weighted by Crippen LogP contribution is -2.40. The van der Waals surface area contributed by atoms with Crippen molar-refractivity contribution in [2.75, 3.05) is 14.1 Å². The van der Waals surface area contributed by atoms with Gasteiger partial charge < -0.3 is 10.6 Å². The number of likely N-dealkylation sites (N-methyl/N-ethyl adjacent to an activating group) is 2. The number of rotatable bonds is 2. The third kappa shape index (κ3) is 1.87. The van der Waals surface area contributed by atoms with Gasteiger partial charge in [-0.1, -0.05) is 0 Å². The van der Waals surface area contributed by atoms with Crippen LogP contribution in [0.3, 0.4) is 0 Å². The standard InChI is InChI=1S/C7H14F2N2/c1-10-5-3-7(8,9)4-6(5)11-2/h5-6,10-11H,3-4H2,1-2H3. The topological polar surface area (TPSA) is 24.1 Å². The third-order valence-electron chi connectivity index (χ3n) is 2.26. The number of hydrogen-bond acceptors (Lipinski definition) is 2. The van der Waals surface area contributed by atoms with Gasteiger partial charge in [-0.25, -0.2) is 8.78 Å². The molecule has 11 heavy (non-hydrogen) atoms. The van der Waals surface area contributed by atoms with Gasteiger partial charge in [0.25, 0.3) is 5.92 Å². The third-order valence-corrected chi connectivity index (χ3v) is 2.26. The van der Waals surface area contributed by atoms with E-state index in [1.54, 1.807) is 14.1 Å². The molecule has 0 aromatic carbocycles. The van der Waals surface area contributed by atoms with E-state index in [0.717, 1.165) is 0 Å². The van der Waals surface area contributed by atoms with Crippen LogP contribution in [0.5, 0.6) is 0 Å². The smallest absolute Gasteiger partial charge is 0.251 e. The number of hydrogen-bond donors (Lipinski definition) is 2. The SMILES string of the molecule is CNC1CC(F)(F)CC1NC. The van der Waals surface area contributed by atoms with Gasteiger partial charge in [0.1, 0.15) is 0 Å². The van der Waals surface area contributed by atoms with Gasteiger partial charge in [0.2, 0.25) is 0 Å². The highest BCUT2D eigenvalue weighted by Crippen LogP contribution is 2.34. The molecule has 4 heteroatoms. The number of nitrogens with one attached hydrogen (secondary N) is 2. The molecule has 0 aromatic rings. The fourth-order valence-corrected chi connectivity index (χ4v) is 1.62. The molecule has 0 amide bonds. The molecular weight excluding hydrogens is 150 g/mol. The van der Waals surface area contributed by atoms with Crippen LogP contribution in [0.4, 0.5) is 8.78 Å². The summed E-state index contributed by atoms with van der Waals surface area (Å²) in [6, 6.07) is -0.176. The Morgan fingerprint density at radius 3 is 1.73 bits per heavy atom. The average molecular weight is 164 g/mol. The van der Waals surface area contributed by atoms with E-state index in [-0.39, 0.29) is 24.9 Å². The molecule has 2 unspecified atom stereocenters. The zero-order valence-electron chi connectivity index (χ0n) is 6.82. The van der Waals surface area contributed by atoms with E-state index in [0.29, 0.717) is 0 Å². The van der Waals surface area contributed by atoms with Crippen molar-refractivity contribution in [2.24, 2.45) is 0 Å². The Morgan fingerprint density at radius 1 is 1.09 bits per heavy atom. The van der Waals surface area contributed by atoms with E-state index in [2.05, 4.69) is 10.6 Å². The van der Waals surface area contributed by atoms with E-state index < -0.39 is 5.92 Å². The summed E-state index contributed by atoms with van der Waals surface area (Å²) in [7, 11) is 3.44. The van der Waals surface area contributed by atoms with E-state index in [4.69, 9.17) is 0 Å². The maximum Gasteiger partial charge on any atom is 0.251 e. The Balaban J connectivity index is 2.55. The first-order chi connectivity index (χ1) is 5.09. The second kappa shape index (κ2) is 3.03. The van der Waals surface area contributed by atoms with Gasteiger partial charge in [0.15, 0.2) is 0 Å². The van der Waals surface area contributed by atoms with E-state index in [1.165, 1.54) is 0 Å². The highest BCUT2D eigenvalue weighted by Gasteiger charge is 2.44. The largest absolute Gasteiger partial charge is 0.315 e. The summed E-state index contributed by atoms with van der Waals surface area (Å²) in [5.41, 5.74) is 0. The normalized spacial score (nSPS) is 36.0. The van der Waals surface area contributed by atoms with Gasteiger partial charge in [0.05, 0.1) is 0 Å². The minimum atomic E-state index is -2.48. The van der Waals surface area contributed by atoms with Crippen LogP contribution in [0.1, 0.15) is 12.8 Å². The van der Waals surface area contributed by atoms with Crippen LogP contribution < -0.4 is 10.6 Å². The van der Waals surface area contributed by atoms with Gasteiger partial charge in [-0.05, 0) is 14.1 Å². The Kier molecular flexibility index (Phi) is 2.44. The van der Waals surface area contributed by atoms with Crippen LogP contribution in [0.15, 0.2) is 0 Å². The van der Waals surface area contributed by atoms with Gasteiger partial charge in [-0.3, -0.25) is 0 Å². The zero-order valence-corrected chi connectivity index (χ0v) is 6.82.